The monoisotopic (exact) mass is 325 g/mol. The molecular formula is C12H12BrN3O3. The third-order valence-electron chi connectivity index (χ3n) is 2.28. The van der Waals surface area contributed by atoms with Gasteiger partial charge in [-0.2, -0.15) is 0 Å². The molecule has 1 aromatic heterocycles. The molecule has 0 spiro atoms. The Morgan fingerprint density at radius 1 is 0.947 bits per heavy atom. The number of hydrogen-bond donors (Lipinski definition) is 0. The minimum Gasteiger partial charge on any atom is -0.467 e. The van der Waals surface area contributed by atoms with Gasteiger partial charge in [0.2, 0.25) is 0 Å². The minimum atomic E-state index is 0.120. The van der Waals surface area contributed by atoms with Crippen molar-refractivity contribution in [2.75, 3.05) is 14.2 Å². The van der Waals surface area contributed by atoms with Gasteiger partial charge in [-0.05, 0) is 30.7 Å². The fourth-order valence-electron chi connectivity index (χ4n) is 1.37. The molecule has 0 aliphatic heterocycles. The van der Waals surface area contributed by atoms with Gasteiger partial charge in [-0.3, -0.25) is 0 Å². The van der Waals surface area contributed by atoms with Crippen molar-refractivity contribution in [2.45, 2.75) is 6.92 Å². The first kappa shape index (κ1) is 13.5. The Labute approximate surface area is 118 Å². The van der Waals surface area contributed by atoms with Crippen molar-refractivity contribution in [3.05, 3.63) is 28.2 Å². The van der Waals surface area contributed by atoms with Gasteiger partial charge in [-0.25, -0.2) is 0 Å². The average molecular weight is 326 g/mol. The summed E-state index contributed by atoms with van der Waals surface area (Å²) in [6.07, 6.45) is 0. The van der Waals surface area contributed by atoms with Gasteiger partial charge in [-0.15, -0.1) is 15.0 Å². The van der Waals surface area contributed by atoms with Crippen molar-refractivity contribution in [1.82, 2.24) is 15.0 Å². The quantitative estimate of drug-likeness (QED) is 0.861. The average Bonchev–Trinajstić information content (AvgIpc) is 2.41. The molecule has 0 aliphatic rings. The van der Waals surface area contributed by atoms with Crippen molar-refractivity contribution < 1.29 is 14.2 Å². The molecule has 6 nitrogen and oxygen atoms in total. The fraction of sp³-hybridized carbons (Fsp3) is 0.250. The van der Waals surface area contributed by atoms with Gasteiger partial charge >= 0.3 is 18.0 Å². The summed E-state index contributed by atoms with van der Waals surface area (Å²) in [4.78, 5) is 11.9. The largest absolute Gasteiger partial charge is 0.467 e. The lowest BCUT2D eigenvalue weighted by atomic mass is 10.2. The molecule has 0 N–H and O–H groups in total. The Kier molecular flexibility index (Phi) is 4.16. The Hall–Kier alpha value is -1.89. The lowest BCUT2D eigenvalue weighted by molar-refractivity contribution is 0.320. The predicted molar refractivity (Wildman–Crippen MR) is 71.9 cm³/mol. The third kappa shape index (κ3) is 3.31. The molecule has 0 atom stereocenters. The summed E-state index contributed by atoms with van der Waals surface area (Å²) < 4.78 is 16.5. The fourth-order valence-corrected chi connectivity index (χ4v) is 1.85. The molecule has 0 saturated carbocycles. The van der Waals surface area contributed by atoms with Crippen LogP contribution in [-0.4, -0.2) is 29.2 Å². The van der Waals surface area contributed by atoms with Crippen LogP contribution in [0.4, 0.5) is 0 Å². The van der Waals surface area contributed by atoms with E-state index >= 15 is 0 Å². The van der Waals surface area contributed by atoms with Crippen LogP contribution in [0.3, 0.4) is 0 Å². The zero-order chi connectivity index (χ0) is 13.8. The van der Waals surface area contributed by atoms with Crippen molar-refractivity contribution in [3.63, 3.8) is 0 Å². The van der Waals surface area contributed by atoms with Crippen LogP contribution in [0.25, 0.3) is 0 Å². The van der Waals surface area contributed by atoms with Crippen LogP contribution in [0.5, 0.6) is 23.8 Å². The molecule has 2 rings (SSSR count). The van der Waals surface area contributed by atoms with Crippen LogP contribution < -0.4 is 14.2 Å². The van der Waals surface area contributed by atoms with Gasteiger partial charge in [0.25, 0.3) is 0 Å². The summed E-state index contributed by atoms with van der Waals surface area (Å²) in [7, 11) is 2.92. The lowest BCUT2D eigenvalue weighted by Crippen LogP contribution is -2.01. The Balaban J connectivity index is 2.31. The first-order chi connectivity index (χ1) is 9.12. The standard InChI is InChI=1S/C12H12BrN3O3/c1-7-6-8(13)4-5-9(7)19-12-15-10(17-2)14-11(16-12)18-3/h4-6H,1-3H3. The lowest BCUT2D eigenvalue weighted by Gasteiger charge is -2.08. The van der Waals surface area contributed by atoms with Crippen molar-refractivity contribution in [3.8, 4) is 23.8 Å². The van der Waals surface area contributed by atoms with E-state index in [-0.39, 0.29) is 18.0 Å². The molecule has 19 heavy (non-hydrogen) atoms. The molecule has 0 fully saturated rings. The van der Waals surface area contributed by atoms with E-state index in [1.54, 1.807) is 0 Å². The van der Waals surface area contributed by atoms with Crippen molar-refractivity contribution in [1.29, 1.82) is 0 Å². The molecule has 2 aromatic rings. The van der Waals surface area contributed by atoms with Crippen molar-refractivity contribution in [2.24, 2.45) is 0 Å². The van der Waals surface area contributed by atoms with Gasteiger partial charge in [0.15, 0.2) is 0 Å². The number of ether oxygens (including phenoxy) is 3. The predicted octanol–water partition coefficient (Wildman–Crippen LogP) is 2.75. The minimum absolute atomic E-state index is 0.120. The molecule has 1 heterocycles. The van der Waals surface area contributed by atoms with Crippen LogP contribution in [0.15, 0.2) is 22.7 Å². The summed E-state index contributed by atoms with van der Waals surface area (Å²) in [5.74, 6) is 0.651. The van der Waals surface area contributed by atoms with E-state index in [4.69, 9.17) is 14.2 Å². The molecule has 7 heteroatoms. The first-order valence-electron chi connectivity index (χ1n) is 5.40. The third-order valence-corrected chi connectivity index (χ3v) is 2.77. The topological polar surface area (TPSA) is 66.4 Å². The summed E-state index contributed by atoms with van der Waals surface area (Å²) in [5, 5.41) is 0. The van der Waals surface area contributed by atoms with E-state index in [0.717, 1.165) is 10.0 Å². The Morgan fingerprint density at radius 3 is 2.05 bits per heavy atom. The number of benzene rings is 1. The van der Waals surface area contributed by atoms with Gasteiger partial charge in [0.05, 0.1) is 14.2 Å². The molecule has 100 valence electrons. The number of aromatic nitrogens is 3. The van der Waals surface area contributed by atoms with Crippen LogP contribution in [0.2, 0.25) is 0 Å². The van der Waals surface area contributed by atoms with E-state index in [9.17, 15) is 0 Å². The Bertz CT molecular complexity index is 570. The number of nitrogens with zero attached hydrogens (tertiary/aromatic N) is 3. The molecule has 0 aliphatic carbocycles. The number of methoxy groups -OCH3 is 2. The van der Waals surface area contributed by atoms with Crippen LogP contribution in [-0.2, 0) is 0 Å². The van der Waals surface area contributed by atoms with Gasteiger partial charge in [0.1, 0.15) is 5.75 Å². The maximum Gasteiger partial charge on any atom is 0.331 e. The maximum atomic E-state index is 5.61. The summed E-state index contributed by atoms with van der Waals surface area (Å²) in [5.41, 5.74) is 0.952. The molecule has 1 aromatic carbocycles. The van der Waals surface area contributed by atoms with Gasteiger partial charge in [0, 0.05) is 4.47 Å². The molecule has 0 amide bonds. The van der Waals surface area contributed by atoms with E-state index in [1.165, 1.54) is 14.2 Å². The van der Waals surface area contributed by atoms with E-state index < -0.39 is 0 Å². The van der Waals surface area contributed by atoms with Crippen LogP contribution >= 0.6 is 15.9 Å². The molecule has 0 unspecified atom stereocenters. The summed E-state index contributed by atoms with van der Waals surface area (Å²) in [6, 6.07) is 6.02. The Morgan fingerprint density at radius 2 is 1.53 bits per heavy atom. The second kappa shape index (κ2) is 5.83. The second-order valence-electron chi connectivity index (χ2n) is 3.60. The molecular weight excluding hydrogens is 314 g/mol. The first-order valence-corrected chi connectivity index (χ1v) is 6.19. The SMILES string of the molecule is COc1nc(OC)nc(Oc2ccc(Br)cc2C)n1. The zero-order valence-corrected chi connectivity index (χ0v) is 12.3. The number of halogens is 1. The van der Waals surface area contributed by atoms with E-state index in [1.807, 2.05) is 25.1 Å². The summed E-state index contributed by atoms with van der Waals surface area (Å²) >= 11 is 3.39. The van der Waals surface area contributed by atoms with Gasteiger partial charge in [-0.1, -0.05) is 15.9 Å². The van der Waals surface area contributed by atoms with E-state index in [0.29, 0.717) is 5.75 Å². The molecule has 0 saturated heterocycles. The zero-order valence-electron chi connectivity index (χ0n) is 10.7. The van der Waals surface area contributed by atoms with Crippen LogP contribution in [0.1, 0.15) is 5.56 Å². The highest BCUT2D eigenvalue weighted by Gasteiger charge is 2.10. The van der Waals surface area contributed by atoms with Crippen molar-refractivity contribution >= 4 is 15.9 Å². The normalized spacial score (nSPS) is 10.1. The second-order valence-corrected chi connectivity index (χ2v) is 4.52. The smallest absolute Gasteiger partial charge is 0.331 e. The molecule has 0 radical (unpaired) electrons. The highest BCUT2D eigenvalue weighted by molar-refractivity contribution is 9.10. The highest BCUT2D eigenvalue weighted by atomic mass is 79.9. The number of rotatable bonds is 4. The van der Waals surface area contributed by atoms with Gasteiger partial charge < -0.3 is 14.2 Å². The maximum absolute atomic E-state index is 5.61. The van der Waals surface area contributed by atoms with Crippen LogP contribution in [0, 0.1) is 6.92 Å². The summed E-state index contributed by atoms with van der Waals surface area (Å²) in [6.45, 7) is 1.93. The number of aryl methyl sites for hydroxylation is 1. The highest BCUT2D eigenvalue weighted by Crippen LogP contribution is 2.26. The van der Waals surface area contributed by atoms with E-state index in [2.05, 4.69) is 30.9 Å². The number of hydrogen-bond acceptors (Lipinski definition) is 6. The molecule has 0 bridgehead atoms.